The maximum absolute atomic E-state index is 11.7. The van der Waals surface area contributed by atoms with Crippen LogP contribution in [-0.4, -0.2) is 30.3 Å². The Morgan fingerprint density at radius 3 is 2.53 bits per heavy atom. The highest BCUT2D eigenvalue weighted by Gasteiger charge is 2.23. The van der Waals surface area contributed by atoms with E-state index in [9.17, 15) is 14.7 Å². The first-order valence-corrected chi connectivity index (χ1v) is 5.17. The Bertz CT molecular complexity index is 413. The van der Waals surface area contributed by atoms with Crippen LogP contribution in [0.2, 0.25) is 0 Å². The Morgan fingerprint density at radius 2 is 2.00 bits per heavy atom. The zero-order valence-corrected chi connectivity index (χ0v) is 9.67. The zero-order valence-electron chi connectivity index (χ0n) is 9.67. The number of carbonyl (C=O) groups is 2. The van der Waals surface area contributed by atoms with E-state index < -0.39 is 18.0 Å². The Hall–Kier alpha value is -2.04. The van der Waals surface area contributed by atoms with Gasteiger partial charge in [-0.1, -0.05) is 19.1 Å². The maximum Gasteiger partial charge on any atom is 0.347 e. The average Bonchev–Trinajstić information content (AvgIpc) is 2.35. The molecule has 0 aromatic heterocycles. The van der Waals surface area contributed by atoms with Crippen molar-refractivity contribution in [3.63, 3.8) is 0 Å². The molecule has 5 nitrogen and oxygen atoms in total. The van der Waals surface area contributed by atoms with Crippen LogP contribution in [-0.2, 0) is 14.3 Å². The molecule has 92 valence electrons. The summed E-state index contributed by atoms with van der Waals surface area (Å²) in [7, 11) is 1.22. The van der Waals surface area contributed by atoms with Crippen molar-refractivity contribution >= 4 is 11.9 Å². The summed E-state index contributed by atoms with van der Waals surface area (Å²) in [6, 6.07) is 5.97. The number of methoxy groups -OCH3 is 1. The standard InChI is InChI=1S/C12H14O5/c1-3-10(12(15)16-2)17-11(14)8-6-4-5-7-9(8)13/h4-7,10,13H,3H2,1-2H3. The average molecular weight is 238 g/mol. The highest BCUT2D eigenvalue weighted by molar-refractivity contribution is 5.93. The number of carbonyl (C=O) groups excluding carboxylic acids is 2. The van der Waals surface area contributed by atoms with Gasteiger partial charge in [-0.3, -0.25) is 0 Å². The lowest BCUT2D eigenvalue weighted by Crippen LogP contribution is -2.27. The van der Waals surface area contributed by atoms with Gasteiger partial charge in [-0.25, -0.2) is 9.59 Å². The predicted octanol–water partition coefficient (Wildman–Crippen LogP) is 1.50. The van der Waals surface area contributed by atoms with Gasteiger partial charge < -0.3 is 14.6 Å². The van der Waals surface area contributed by atoms with Gasteiger partial charge in [-0.15, -0.1) is 0 Å². The second kappa shape index (κ2) is 5.89. The topological polar surface area (TPSA) is 72.8 Å². The number of phenols is 1. The first kappa shape index (κ1) is 13.0. The summed E-state index contributed by atoms with van der Waals surface area (Å²) in [5, 5.41) is 9.45. The molecule has 0 amide bonds. The van der Waals surface area contributed by atoms with Crippen LogP contribution in [0.4, 0.5) is 0 Å². The predicted molar refractivity (Wildman–Crippen MR) is 59.6 cm³/mol. The summed E-state index contributed by atoms with van der Waals surface area (Å²) < 4.78 is 9.44. The highest BCUT2D eigenvalue weighted by atomic mass is 16.6. The number of esters is 2. The molecule has 1 N–H and O–H groups in total. The SMILES string of the molecule is CCC(OC(=O)c1ccccc1O)C(=O)OC. The van der Waals surface area contributed by atoms with Crippen molar-refractivity contribution in [1.29, 1.82) is 0 Å². The number of hydrogen-bond acceptors (Lipinski definition) is 5. The van der Waals surface area contributed by atoms with E-state index in [1.54, 1.807) is 19.1 Å². The molecule has 0 aliphatic rings. The summed E-state index contributed by atoms with van der Waals surface area (Å²) in [4.78, 5) is 22.9. The molecule has 0 bridgehead atoms. The lowest BCUT2D eigenvalue weighted by Gasteiger charge is -2.13. The molecule has 0 saturated carbocycles. The van der Waals surface area contributed by atoms with Gasteiger partial charge in [0, 0.05) is 0 Å². The van der Waals surface area contributed by atoms with Crippen LogP contribution in [0.15, 0.2) is 24.3 Å². The number of aromatic hydroxyl groups is 1. The molecular weight excluding hydrogens is 224 g/mol. The zero-order chi connectivity index (χ0) is 12.8. The van der Waals surface area contributed by atoms with Crippen LogP contribution in [0.1, 0.15) is 23.7 Å². The number of benzene rings is 1. The molecule has 5 heteroatoms. The first-order valence-electron chi connectivity index (χ1n) is 5.17. The van der Waals surface area contributed by atoms with Gasteiger partial charge in [0.15, 0.2) is 6.10 Å². The van der Waals surface area contributed by atoms with Crippen molar-refractivity contribution in [3.05, 3.63) is 29.8 Å². The second-order valence-electron chi connectivity index (χ2n) is 3.34. The number of rotatable bonds is 4. The summed E-state index contributed by atoms with van der Waals surface area (Å²) in [5.74, 6) is -1.55. The fraction of sp³-hybridized carbons (Fsp3) is 0.333. The van der Waals surface area contributed by atoms with E-state index in [0.717, 1.165) is 0 Å². The van der Waals surface area contributed by atoms with E-state index in [2.05, 4.69) is 4.74 Å². The molecule has 0 aliphatic carbocycles. The number of hydrogen-bond donors (Lipinski definition) is 1. The van der Waals surface area contributed by atoms with E-state index in [0.29, 0.717) is 6.42 Å². The van der Waals surface area contributed by atoms with Crippen LogP contribution in [0.25, 0.3) is 0 Å². The molecule has 0 fully saturated rings. The van der Waals surface area contributed by atoms with Gasteiger partial charge in [-0.2, -0.15) is 0 Å². The molecular formula is C12H14O5. The van der Waals surface area contributed by atoms with Gasteiger partial charge >= 0.3 is 11.9 Å². The van der Waals surface area contributed by atoms with Gasteiger partial charge in [0.1, 0.15) is 11.3 Å². The third kappa shape index (κ3) is 3.21. The molecule has 0 heterocycles. The number of phenolic OH excluding ortho intramolecular Hbond substituents is 1. The van der Waals surface area contributed by atoms with E-state index in [-0.39, 0.29) is 11.3 Å². The van der Waals surface area contributed by atoms with Crippen LogP contribution in [0, 0.1) is 0 Å². The normalized spacial score (nSPS) is 11.6. The Balaban J connectivity index is 2.78. The van der Waals surface area contributed by atoms with Crippen LogP contribution < -0.4 is 0 Å². The molecule has 0 spiro atoms. The van der Waals surface area contributed by atoms with Crippen LogP contribution in [0.3, 0.4) is 0 Å². The summed E-state index contributed by atoms with van der Waals surface area (Å²) in [6.07, 6.45) is -0.640. The van der Waals surface area contributed by atoms with Crippen molar-refractivity contribution < 1.29 is 24.2 Å². The lowest BCUT2D eigenvalue weighted by atomic mass is 10.2. The van der Waals surface area contributed by atoms with Crippen molar-refractivity contribution in [1.82, 2.24) is 0 Å². The highest BCUT2D eigenvalue weighted by Crippen LogP contribution is 2.17. The Kier molecular flexibility index (Phi) is 4.51. The smallest absolute Gasteiger partial charge is 0.347 e. The first-order chi connectivity index (χ1) is 8.10. The fourth-order valence-corrected chi connectivity index (χ4v) is 1.27. The molecule has 1 atom stereocenters. The molecule has 0 radical (unpaired) electrons. The molecule has 1 aromatic rings. The molecule has 1 aromatic carbocycles. The quantitative estimate of drug-likeness (QED) is 0.805. The largest absolute Gasteiger partial charge is 0.507 e. The van der Waals surface area contributed by atoms with Crippen LogP contribution >= 0.6 is 0 Å². The summed E-state index contributed by atoms with van der Waals surface area (Å²) in [5.41, 5.74) is 0.0230. The van der Waals surface area contributed by atoms with Gasteiger partial charge in [0.05, 0.1) is 7.11 Å². The molecule has 1 unspecified atom stereocenters. The minimum absolute atomic E-state index is 0.0230. The Labute approximate surface area is 99.0 Å². The lowest BCUT2D eigenvalue weighted by molar-refractivity contribution is -0.151. The van der Waals surface area contributed by atoms with Crippen molar-refractivity contribution in [2.24, 2.45) is 0 Å². The third-order valence-electron chi connectivity index (χ3n) is 2.21. The van der Waals surface area contributed by atoms with Gasteiger partial charge in [-0.05, 0) is 18.6 Å². The Morgan fingerprint density at radius 1 is 1.35 bits per heavy atom. The third-order valence-corrected chi connectivity index (χ3v) is 2.21. The molecule has 0 saturated heterocycles. The van der Waals surface area contributed by atoms with Gasteiger partial charge in [0.2, 0.25) is 0 Å². The molecule has 17 heavy (non-hydrogen) atoms. The van der Waals surface area contributed by atoms with Crippen molar-refractivity contribution in [2.75, 3.05) is 7.11 Å². The summed E-state index contributed by atoms with van der Waals surface area (Å²) in [6.45, 7) is 1.69. The number of para-hydroxylation sites is 1. The molecule has 0 aliphatic heterocycles. The minimum atomic E-state index is -0.952. The van der Waals surface area contributed by atoms with Crippen molar-refractivity contribution in [2.45, 2.75) is 19.4 Å². The monoisotopic (exact) mass is 238 g/mol. The maximum atomic E-state index is 11.7. The van der Waals surface area contributed by atoms with E-state index in [4.69, 9.17) is 4.74 Å². The fourth-order valence-electron chi connectivity index (χ4n) is 1.27. The second-order valence-corrected chi connectivity index (χ2v) is 3.34. The van der Waals surface area contributed by atoms with Gasteiger partial charge in [0.25, 0.3) is 0 Å². The van der Waals surface area contributed by atoms with Crippen molar-refractivity contribution in [3.8, 4) is 5.75 Å². The van der Waals surface area contributed by atoms with Crippen LogP contribution in [0.5, 0.6) is 5.75 Å². The summed E-state index contributed by atoms with van der Waals surface area (Å²) >= 11 is 0. The number of ether oxygens (including phenoxy) is 2. The van der Waals surface area contributed by atoms with E-state index >= 15 is 0 Å². The van der Waals surface area contributed by atoms with E-state index in [1.165, 1.54) is 19.2 Å². The molecule has 1 rings (SSSR count). The van der Waals surface area contributed by atoms with E-state index in [1.807, 2.05) is 0 Å². The minimum Gasteiger partial charge on any atom is -0.507 e.